The molecule has 4 aromatic rings. The van der Waals surface area contributed by atoms with Gasteiger partial charge in [0, 0.05) is 23.2 Å². The lowest BCUT2D eigenvalue weighted by atomic mass is 10.0. The van der Waals surface area contributed by atoms with Gasteiger partial charge >= 0.3 is 0 Å². The molecule has 2 N–H and O–H groups in total. The van der Waals surface area contributed by atoms with Crippen molar-refractivity contribution >= 4 is 28.3 Å². The highest BCUT2D eigenvalue weighted by Crippen LogP contribution is 2.31. The number of aryl methyl sites for hydroxylation is 1. The lowest BCUT2D eigenvalue weighted by Crippen LogP contribution is -2.33. The van der Waals surface area contributed by atoms with Gasteiger partial charge in [-0.05, 0) is 49.6 Å². The van der Waals surface area contributed by atoms with Crippen molar-refractivity contribution in [1.29, 1.82) is 0 Å². The molecule has 3 aromatic carbocycles. The number of ether oxygens (including phenoxy) is 2. The van der Waals surface area contributed by atoms with Crippen molar-refractivity contribution < 1.29 is 14.3 Å². The minimum absolute atomic E-state index is 0.0295. The number of nitrogens with one attached hydrogen (secondary N) is 2. The SMILES string of the molecule is COc1ccc(Nc2cc(C(=O)N[C@H](C)CCc3ccccc3)c3ccccc3n2)cc1OC. The quantitative estimate of drug-likeness (QED) is 0.336. The van der Waals surface area contributed by atoms with E-state index in [-0.39, 0.29) is 11.9 Å². The highest BCUT2D eigenvalue weighted by atomic mass is 16.5. The molecule has 0 saturated carbocycles. The molecule has 0 aliphatic rings. The molecule has 1 heterocycles. The van der Waals surface area contributed by atoms with Gasteiger partial charge in [0.25, 0.3) is 5.91 Å². The zero-order chi connectivity index (χ0) is 23.9. The van der Waals surface area contributed by atoms with E-state index in [1.54, 1.807) is 20.3 Å². The van der Waals surface area contributed by atoms with Crippen molar-refractivity contribution in [2.75, 3.05) is 19.5 Å². The van der Waals surface area contributed by atoms with Crippen molar-refractivity contribution in [3.05, 3.63) is 90.0 Å². The average Bonchev–Trinajstić information content (AvgIpc) is 2.87. The van der Waals surface area contributed by atoms with Crippen LogP contribution in [-0.4, -0.2) is 31.2 Å². The summed E-state index contributed by atoms with van der Waals surface area (Å²) in [5.74, 6) is 1.71. The fourth-order valence-corrected chi connectivity index (χ4v) is 3.89. The predicted octanol–water partition coefficient (Wildman–Crippen LogP) is 5.75. The van der Waals surface area contributed by atoms with Crippen molar-refractivity contribution in [2.24, 2.45) is 0 Å². The van der Waals surface area contributed by atoms with E-state index in [9.17, 15) is 4.79 Å². The molecule has 0 unspecified atom stereocenters. The molecule has 0 aliphatic heterocycles. The standard InChI is InChI=1S/C28H29N3O3/c1-19(13-14-20-9-5-4-6-10-20)29-28(32)23-18-27(31-24-12-8-7-11-22(23)24)30-21-15-16-25(33-2)26(17-21)34-3/h4-12,15-19H,13-14H2,1-3H3,(H,29,32)(H,30,31)/t19-/m1/s1. The van der Waals surface area contributed by atoms with E-state index in [1.807, 2.05) is 67.6 Å². The zero-order valence-corrected chi connectivity index (χ0v) is 19.7. The highest BCUT2D eigenvalue weighted by Gasteiger charge is 2.16. The van der Waals surface area contributed by atoms with Gasteiger partial charge in [-0.2, -0.15) is 0 Å². The molecule has 0 radical (unpaired) electrons. The van der Waals surface area contributed by atoms with E-state index >= 15 is 0 Å². The van der Waals surface area contributed by atoms with Crippen molar-refractivity contribution in [2.45, 2.75) is 25.8 Å². The molecule has 34 heavy (non-hydrogen) atoms. The van der Waals surface area contributed by atoms with Gasteiger partial charge in [0.1, 0.15) is 5.82 Å². The van der Waals surface area contributed by atoms with Crippen LogP contribution < -0.4 is 20.1 Å². The van der Waals surface area contributed by atoms with Crippen LogP contribution in [0.2, 0.25) is 0 Å². The molecule has 1 atom stereocenters. The van der Waals surface area contributed by atoms with Gasteiger partial charge < -0.3 is 20.1 Å². The first-order valence-electron chi connectivity index (χ1n) is 11.3. The predicted molar refractivity (Wildman–Crippen MR) is 136 cm³/mol. The van der Waals surface area contributed by atoms with Crippen LogP contribution in [0, 0.1) is 0 Å². The van der Waals surface area contributed by atoms with Gasteiger partial charge in [-0.1, -0.05) is 48.5 Å². The number of pyridine rings is 1. The zero-order valence-electron chi connectivity index (χ0n) is 19.7. The topological polar surface area (TPSA) is 72.5 Å². The first kappa shape index (κ1) is 23.1. The number of rotatable bonds is 9. The Morgan fingerprint density at radius 1 is 0.912 bits per heavy atom. The molecule has 4 rings (SSSR count). The number of benzene rings is 3. The Balaban J connectivity index is 1.55. The van der Waals surface area contributed by atoms with Crippen LogP contribution >= 0.6 is 0 Å². The van der Waals surface area contributed by atoms with Gasteiger partial charge in [0.05, 0.1) is 25.3 Å². The largest absolute Gasteiger partial charge is 0.493 e. The highest BCUT2D eigenvalue weighted by molar-refractivity contribution is 6.07. The third-order valence-corrected chi connectivity index (χ3v) is 5.70. The second kappa shape index (κ2) is 10.7. The van der Waals surface area contributed by atoms with Crippen molar-refractivity contribution in [3.8, 4) is 11.5 Å². The minimum Gasteiger partial charge on any atom is -0.493 e. The number of para-hydroxylation sites is 1. The minimum atomic E-state index is -0.116. The molecule has 0 spiro atoms. The Morgan fingerprint density at radius 2 is 1.65 bits per heavy atom. The summed E-state index contributed by atoms with van der Waals surface area (Å²) in [5.41, 5.74) is 3.37. The fraction of sp³-hybridized carbons (Fsp3) is 0.214. The molecular weight excluding hydrogens is 426 g/mol. The summed E-state index contributed by atoms with van der Waals surface area (Å²) in [6, 6.07) is 25.3. The van der Waals surface area contributed by atoms with E-state index in [1.165, 1.54) is 5.56 Å². The summed E-state index contributed by atoms with van der Waals surface area (Å²) in [6.07, 6.45) is 1.76. The Labute approximate surface area is 199 Å². The number of anilines is 2. The number of hydrogen-bond acceptors (Lipinski definition) is 5. The van der Waals surface area contributed by atoms with Gasteiger partial charge in [-0.25, -0.2) is 4.98 Å². The number of fused-ring (bicyclic) bond motifs is 1. The fourth-order valence-electron chi connectivity index (χ4n) is 3.89. The Hall–Kier alpha value is -4.06. The lowest BCUT2D eigenvalue weighted by molar-refractivity contribution is 0.0940. The Morgan fingerprint density at radius 3 is 2.41 bits per heavy atom. The smallest absolute Gasteiger partial charge is 0.252 e. The molecular formula is C28H29N3O3. The Kier molecular flexibility index (Phi) is 7.28. The van der Waals surface area contributed by atoms with Gasteiger partial charge in [-0.15, -0.1) is 0 Å². The number of nitrogens with zero attached hydrogens (tertiary/aromatic N) is 1. The third-order valence-electron chi connectivity index (χ3n) is 5.70. The molecule has 0 saturated heterocycles. The number of aromatic nitrogens is 1. The van der Waals surface area contributed by atoms with Gasteiger partial charge in [0.15, 0.2) is 11.5 Å². The van der Waals surface area contributed by atoms with E-state index in [4.69, 9.17) is 14.5 Å². The van der Waals surface area contributed by atoms with E-state index in [2.05, 4.69) is 22.8 Å². The van der Waals surface area contributed by atoms with Crippen LogP contribution in [-0.2, 0) is 6.42 Å². The Bertz CT molecular complexity index is 1270. The van der Waals surface area contributed by atoms with E-state index in [0.29, 0.717) is 22.9 Å². The van der Waals surface area contributed by atoms with E-state index in [0.717, 1.165) is 29.4 Å². The van der Waals surface area contributed by atoms with Crippen molar-refractivity contribution in [1.82, 2.24) is 10.3 Å². The first-order valence-corrected chi connectivity index (χ1v) is 11.3. The summed E-state index contributed by atoms with van der Waals surface area (Å²) in [5, 5.41) is 7.26. The van der Waals surface area contributed by atoms with Gasteiger partial charge in [0.2, 0.25) is 0 Å². The van der Waals surface area contributed by atoms with Crippen LogP contribution in [0.5, 0.6) is 11.5 Å². The van der Waals surface area contributed by atoms with Crippen LogP contribution in [0.4, 0.5) is 11.5 Å². The lowest BCUT2D eigenvalue weighted by Gasteiger charge is -2.16. The first-order chi connectivity index (χ1) is 16.6. The number of methoxy groups -OCH3 is 2. The number of carbonyl (C=O) groups excluding carboxylic acids is 1. The second-order valence-corrected chi connectivity index (χ2v) is 8.17. The summed E-state index contributed by atoms with van der Waals surface area (Å²) in [6.45, 7) is 2.03. The number of carbonyl (C=O) groups is 1. The molecule has 0 aliphatic carbocycles. The molecule has 174 valence electrons. The average molecular weight is 456 g/mol. The van der Waals surface area contributed by atoms with Crippen LogP contribution in [0.1, 0.15) is 29.3 Å². The number of hydrogen-bond donors (Lipinski definition) is 2. The summed E-state index contributed by atoms with van der Waals surface area (Å²) < 4.78 is 10.7. The summed E-state index contributed by atoms with van der Waals surface area (Å²) >= 11 is 0. The van der Waals surface area contributed by atoms with Crippen LogP contribution in [0.25, 0.3) is 10.9 Å². The van der Waals surface area contributed by atoms with Crippen LogP contribution in [0.15, 0.2) is 78.9 Å². The maximum atomic E-state index is 13.3. The van der Waals surface area contributed by atoms with Crippen molar-refractivity contribution in [3.63, 3.8) is 0 Å². The maximum absolute atomic E-state index is 13.3. The van der Waals surface area contributed by atoms with E-state index < -0.39 is 0 Å². The molecule has 1 amide bonds. The molecule has 0 fully saturated rings. The molecule has 0 bridgehead atoms. The second-order valence-electron chi connectivity index (χ2n) is 8.17. The number of amides is 1. The normalized spacial score (nSPS) is 11.6. The molecule has 1 aromatic heterocycles. The molecule has 6 heteroatoms. The van der Waals surface area contributed by atoms with Crippen LogP contribution in [0.3, 0.4) is 0 Å². The van der Waals surface area contributed by atoms with Gasteiger partial charge in [-0.3, -0.25) is 4.79 Å². The summed E-state index contributed by atoms with van der Waals surface area (Å²) in [4.78, 5) is 18.0. The third kappa shape index (κ3) is 5.46. The summed E-state index contributed by atoms with van der Waals surface area (Å²) in [7, 11) is 3.19. The monoisotopic (exact) mass is 455 g/mol. The maximum Gasteiger partial charge on any atom is 0.252 e. The molecule has 6 nitrogen and oxygen atoms in total.